The fourth-order valence-electron chi connectivity index (χ4n) is 2.50. The van der Waals surface area contributed by atoms with Crippen LogP contribution in [0.2, 0.25) is 0 Å². The van der Waals surface area contributed by atoms with Gasteiger partial charge in [0.25, 0.3) is 0 Å². The van der Waals surface area contributed by atoms with Crippen LogP contribution in [0, 0.1) is 11.3 Å². The molecule has 0 radical (unpaired) electrons. The maximum absolute atomic E-state index is 11.9. The second kappa shape index (κ2) is 5.36. The molecule has 0 aromatic carbocycles. The van der Waals surface area contributed by atoms with E-state index >= 15 is 0 Å². The molecule has 2 N–H and O–H groups in total. The molecule has 0 spiro atoms. The van der Waals surface area contributed by atoms with Crippen molar-refractivity contribution in [1.82, 2.24) is 10.6 Å². The standard InChI is InChI=1S/C13H24N2O2/c1-13(2,10-4-3-5-10)9-15-12(16)11-8-14-6-7-17-11/h10-11,14H,3-9H2,1-2H3,(H,15,16). The third-order valence-corrected chi connectivity index (χ3v) is 4.15. The van der Waals surface area contributed by atoms with E-state index in [4.69, 9.17) is 4.74 Å². The van der Waals surface area contributed by atoms with E-state index in [1.54, 1.807) is 0 Å². The Bertz CT molecular complexity index is 269. The first kappa shape index (κ1) is 12.8. The zero-order valence-corrected chi connectivity index (χ0v) is 10.9. The van der Waals surface area contributed by atoms with Gasteiger partial charge in [0.05, 0.1) is 6.61 Å². The molecule has 0 aromatic heterocycles. The van der Waals surface area contributed by atoms with Crippen molar-refractivity contribution >= 4 is 5.91 Å². The average molecular weight is 240 g/mol. The largest absolute Gasteiger partial charge is 0.366 e. The molecule has 2 fully saturated rings. The summed E-state index contributed by atoms with van der Waals surface area (Å²) in [6.07, 6.45) is 3.66. The fraction of sp³-hybridized carbons (Fsp3) is 0.923. The van der Waals surface area contributed by atoms with Crippen molar-refractivity contribution in [3.05, 3.63) is 0 Å². The van der Waals surface area contributed by atoms with Crippen molar-refractivity contribution in [3.63, 3.8) is 0 Å². The molecule has 4 nitrogen and oxygen atoms in total. The Balaban J connectivity index is 1.74. The maximum atomic E-state index is 11.9. The summed E-state index contributed by atoms with van der Waals surface area (Å²) in [5, 5.41) is 6.21. The Morgan fingerprint density at radius 2 is 2.24 bits per heavy atom. The van der Waals surface area contributed by atoms with Gasteiger partial charge >= 0.3 is 0 Å². The van der Waals surface area contributed by atoms with Gasteiger partial charge in [0.15, 0.2) is 0 Å². The lowest BCUT2D eigenvalue weighted by Crippen LogP contribution is -2.50. The number of amides is 1. The molecular formula is C13H24N2O2. The molecule has 2 aliphatic rings. The monoisotopic (exact) mass is 240 g/mol. The van der Waals surface area contributed by atoms with Crippen molar-refractivity contribution in [2.24, 2.45) is 11.3 Å². The molecule has 2 rings (SSSR count). The highest BCUT2D eigenvalue weighted by Gasteiger charge is 2.34. The first-order valence-corrected chi connectivity index (χ1v) is 6.69. The van der Waals surface area contributed by atoms with Gasteiger partial charge in [-0.2, -0.15) is 0 Å². The summed E-state index contributed by atoms with van der Waals surface area (Å²) >= 11 is 0. The molecule has 17 heavy (non-hydrogen) atoms. The minimum atomic E-state index is -0.305. The topological polar surface area (TPSA) is 50.4 Å². The van der Waals surface area contributed by atoms with Gasteiger partial charge in [0.2, 0.25) is 5.91 Å². The van der Waals surface area contributed by atoms with Gasteiger partial charge in [-0.05, 0) is 24.2 Å². The molecular weight excluding hydrogens is 216 g/mol. The van der Waals surface area contributed by atoms with E-state index in [1.807, 2.05) is 0 Å². The van der Waals surface area contributed by atoms with E-state index in [0.29, 0.717) is 13.2 Å². The predicted octanol–water partition coefficient (Wildman–Crippen LogP) is 0.917. The lowest BCUT2D eigenvalue weighted by molar-refractivity contribution is -0.134. The van der Waals surface area contributed by atoms with E-state index in [1.165, 1.54) is 19.3 Å². The zero-order valence-electron chi connectivity index (χ0n) is 10.9. The molecule has 1 heterocycles. The van der Waals surface area contributed by atoms with E-state index in [-0.39, 0.29) is 17.4 Å². The van der Waals surface area contributed by atoms with Gasteiger partial charge in [-0.25, -0.2) is 0 Å². The highest BCUT2D eigenvalue weighted by atomic mass is 16.5. The molecule has 1 amide bonds. The van der Waals surface area contributed by atoms with E-state index in [0.717, 1.165) is 19.0 Å². The summed E-state index contributed by atoms with van der Waals surface area (Å²) in [7, 11) is 0. The normalized spacial score (nSPS) is 26.4. The molecule has 1 unspecified atom stereocenters. The number of ether oxygens (including phenoxy) is 1. The Morgan fingerprint density at radius 1 is 1.47 bits per heavy atom. The van der Waals surface area contributed by atoms with Gasteiger partial charge in [-0.15, -0.1) is 0 Å². The lowest BCUT2D eigenvalue weighted by atomic mass is 9.67. The van der Waals surface area contributed by atoms with Crippen LogP contribution in [0.15, 0.2) is 0 Å². The third kappa shape index (κ3) is 3.19. The first-order chi connectivity index (χ1) is 8.09. The van der Waals surface area contributed by atoms with Gasteiger partial charge in [0, 0.05) is 19.6 Å². The van der Waals surface area contributed by atoms with Crippen LogP contribution in [0.25, 0.3) is 0 Å². The van der Waals surface area contributed by atoms with Gasteiger partial charge in [-0.3, -0.25) is 4.79 Å². The fourth-order valence-corrected chi connectivity index (χ4v) is 2.50. The molecule has 1 atom stereocenters. The maximum Gasteiger partial charge on any atom is 0.250 e. The van der Waals surface area contributed by atoms with Crippen molar-refractivity contribution < 1.29 is 9.53 Å². The molecule has 0 bridgehead atoms. The smallest absolute Gasteiger partial charge is 0.250 e. The summed E-state index contributed by atoms with van der Waals surface area (Å²) in [6.45, 7) is 7.36. The quantitative estimate of drug-likeness (QED) is 0.768. The number of hydrogen-bond acceptors (Lipinski definition) is 3. The Kier molecular flexibility index (Phi) is 4.05. The van der Waals surface area contributed by atoms with Crippen LogP contribution < -0.4 is 10.6 Å². The second-order valence-corrected chi connectivity index (χ2v) is 5.90. The first-order valence-electron chi connectivity index (χ1n) is 6.69. The van der Waals surface area contributed by atoms with Crippen LogP contribution in [0.1, 0.15) is 33.1 Å². The van der Waals surface area contributed by atoms with Crippen LogP contribution >= 0.6 is 0 Å². The SMILES string of the molecule is CC(C)(CNC(=O)C1CNCCO1)C1CCC1. The van der Waals surface area contributed by atoms with Crippen molar-refractivity contribution in [2.45, 2.75) is 39.2 Å². The predicted molar refractivity (Wildman–Crippen MR) is 66.7 cm³/mol. The van der Waals surface area contributed by atoms with Gasteiger partial charge < -0.3 is 15.4 Å². The highest BCUT2D eigenvalue weighted by Crippen LogP contribution is 2.41. The van der Waals surface area contributed by atoms with Crippen LogP contribution in [0.5, 0.6) is 0 Å². The number of hydrogen-bond donors (Lipinski definition) is 2. The molecule has 98 valence electrons. The summed E-state index contributed by atoms with van der Waals surface area (Å²) in [4.78, 5) is 11.9. The molecule has 1 aliphatic heterocycles. The number of nitrogens with one attached hydrogen (secondary N) is 2. The molecule has 4 heteroatoms. The van der Waals surface area contributed by atoms with Crippen molar-refractivity contribution in [1.29, 1.82) is 0 Å². The summed E-state index contributed by atoms with van der Waals surface area (Å²) < 4.78 is 5.43. The van der Waals surface area contributed by atoms with Crippen LogP contribution in [0.3, 0.4) is 0 Å². The van der Waals surface area contributed by atoms with Crippen LogP contribution in [-0.2, 0) is 9.53 Å². The Hall–Kier alpha value is -0.610. The Labute approximate surface area is 103 Å². The minimum Gasteiger partial charge on any atom is -0.366 e. The zero-order chi connectivity index (χ0) is 12.3. The third-order valence-electron chi connectivity index (χ3n) is 4.15. The minimum absolute atomic E-state index is 0.0320. The van der Waals surface area contributed by atoms with E-state index < -0.39 is 0 Å². The molecule has 1 aliphatic carbocycles. The average Bonchev–Trinajstić information content (AvgIpc) is 2.24. The molecule has 1 saturated heterocycles. The number of morpholine rings is 1. The molecule has 0 aromatic rings. The summed E-state index contributed by atoms with van der Waals surface area (Å²) in [6, 6.07) is 0. The van der Waals surface area contributed by atoms with Crippen molar-refractivity contribution in [3.8, 4) is 0 Å². The number of carbonyl (C=O) groups is 1. The van der Waals surface area contributed by atoms with Crippen LogP contribution in [-0.4, -0.2) is 38.3 Å². The Morgan fingerprint density at radius 3 is 2.76 bits per heavy atom. The molecule has 1 saturated carbocycles. The van der Waals surface area contributed by atoms with Gasteiger partial charge in [0.1, 0.15) is 6.10 Å². The van der Waals surface area contributed by atoms with Gasteiger partial charge in [-0.1, -0.05) is 20.3 Å². The second-order valence-electron chi connectivity index (χ2n) is 5.90. The summed E-state index contributed by atoms with van der Waals surface area (Å²) in [5.74, 6) is 0.804. The number of carbonyl (C=O) groups excluding carboxylic acids is 1. The summed E-state index contributed by atoms with van der Waals surface area (Å²) in [5.41, 5.74) is 0.218. The van der Waals surface area contributed by atoms with Crippen molar-refractivity contribution in [2.75, 3.05) is 26.2 Å². The highest BCUT2D eigenvalue weighted by molar-refractivity contribution is 5.81. The lowest BCUT2D eigenvalue weighted by Gasteiger charge is -2.40. The van der Waals surface area contributed by atoms with Crippen LogP contribution in [0.4, 0.5) is 0 Å². The number of rotatable bonds is 4. The van der Waals surface area contributed by atoms with E-state index in [2.05, 4.69) is 24.5 Å². The van der Waals surface area contributed by atoms with E-state index in [9.17, 15) is 4.79 Å².